The number of hydrogen-bond donors (Lipinski definition) is 1. The number of aryl methyl sites for hydroxylation is 2. The summed E-state index contributed by atoms with van der Waals surface area (Å²) in [4.78, 5) is 11.2. The van der Waals surface area contributed by atoms with Crippen LogP contribution >= 0.6 is 0 Å². The maximum Gasteiger partial charge on any atom is 0.140 e. The van der Waals surface area contributed by atoms with E-state index in [9.17, 15) is 0 Å². The number of aromatic nitrogens is 3. The first kappa shape index (κ1) is 22.8. The summed E-state index contributed by atoms with van der Waals surface area (Å²) in [5.41, 5.74) is 9.01. The maximum atomic E-state index is 5.58. The molecule has 2 aliphatic heterocycles. The highest BCUT2D eigenvalue weighted by atomic mass is 16.5. The third-order valence-corrected chi connectivity index (χ3v) is 8.48. The Balaban J connectivity index is 1.35. The van der Waals surface area contributed by atoms with Crippen molar-refractivity contribution in [2.24, 2.45) is 7.05 Å². The Morgan fingerprint density at radius 3 is 2.57 bits per heavy atom. The van der Waals surface area contributed by atoms with Crippen molar-refractivity contribution in [1.82, 2.24) is 19.4 Å². The van der Waals surface area contributed by atoms with Crippen LogP contribution in [0.25, 0.3) is 33.2 Å². The third-order valence-electron chi connectivity index (χ3n) is 8.48. The zero-order valence-corrected chi connectivity index (χ0v) is 21.6. The van der Waals surface area contributed by atoms with Crippen LogP contribution in [0.5, 0.6) is 0 Å². The van der Waals surface area contributed by atoms with Gasteiger partial charge >= 0.3 is 0 Å². The molecular weight excluding hydrogens is 432 g/mol. The second-order valence-electron chi connectivity index (χ2n) is 11.0. The fourth-order valence-electron chi connectivity index (χ4n) is 6.60. The van der Waals surface area contributed by atoms with Crippen molar-refractivity contribution < 1.29 is 4.74 Å². The molecule has 0 radical (unpaired) electrons. The average molecular weight is 471 g/mol. The molecule has 0 aliphatic carbocycles. The van der Waals surface area contributed by atoms with Crippen molar-refractivity contribution in [3.05, 3.63) is 53.3 Å². The Bertz CT molecular complexity index is 1350. The van der Waals surface area contributed by atoms with Gasteiger partial charge in [0.15, 0.2) is 0 Å². The molecule has 1 N–H and O–H groups in total. The van der Waals surface area contributed by atoms with Crippen molar-refractivity contribution in [3.8, 4) is 11.3 Å². The predicted molar refractivity (Wildman–Crippen MR) is 144 cm³/mol. The number of benzene rings is 1. The van der Waals surface area contributed by atoms with E-state index in [2.05, 4.69) is 77.7 Å². The molecule has 2 fully saturated rings. The molecule has 3 aromatic heterocycles. The summed E-state index contributed by atoms with van der Waals surface area (Å²) in [5, 5.41) is 2.64. The summed E-state index contributed by atoms with van der Waals surface area (Å²) in [6, 6.07) is 10.0. The number of likely N-dealkylation sites (tertiary alicyclic amines) is 1. The van der Waals surface area contributed by atoms with Gasteiger partial charge in [-0.1, -0.05) is 19.9 Å². The van der Waals surface area contributed by atoms with Crippen LogP contribution in [0.1, 0.15) is 68.1 Å². The fraction of sp³-hybridized carbons (Fsp3) is 0.500. The number of ether oxygens (including phenoxy) is 1. The molecule has 35 heavy (non-hydrogen) atoms. The number of hydrogen-bond acceptors (Lipinski definition) is 3. The van der Waals surface area contributed by atoms with Gasteiger partial charge in [-0.25, -0.2) is 4.98 Å². The van der Waals surface area contributed by atoms with Gasteiger partial charge in [0.05, 0.1) is 5.69 Å². The Hall–Kier alpha value is -2.63. The Labute approximate surface area is 208 Å². The van der Waals surface area contributed by atoms with Crippen molar-refractivity contribution in [3.63, 3.8) is 0 Å². The first-order valence-corrected chi connectivity index (χ1v) is 13.4. The van der Waals surface area contributed by atoms with Crippen molar-refractivity contribution >= 4 is 21.9 Å². The number of H-pyrrole nitrogens is 1. The van der Waals surface area contributed by atoms with Crippen LogP contribution in [0.4, 0.5) is 0 Å². The largest absolute Gasteiger partial charge is 0.381 e. The van der Waals surface area contributed by atoms with Gasteiger partial charge in [0, 0.05) is 60.5 Å². The molecule has 6 rings (SSSR count). The van der Waals surface area contributed by atoms with Crippen molar-refractivity contribution in [2.75, 3.05) is 26.3 Å². The molecule has 5 nitrogen and oxygen atoms in total. The lowest BCUT2D eigenvalue weighted by Gasteiger charge is -2.39. The van der Waals surface area contributed by atoms with E-state index in [0.29, 0.717) is 11.8 Å². The number of nitrogens with zero attached hydrogens (tertiary/aromatic N) is 3. The highest BCUT2D eigenvalue weighted by Crippen LogP contribution is 2.41. The van der Waals surface area contributed by atoms with Gasteiger partial charge in [-0.3, -0.25) is 0 Å². The highest BCUT2D eigenvalue weighted by molar-refractivity contribution is 6.01. The van der Waals surface area contributed by atoms with Crippen LogP contribution in [0.15, 0.2) is 36.7 Å². The number of piperidine rings is 1. The molecule has 0 bridgehead atoms. The maximum absolute atomic E-state index is 5.58. The first-order valence-electron chi connectivity index (χ1n) is 13.4. The summed E-state index contributed by atoms with van der Waals surface area (Å²) in [6.45, 7) is 11.1. The molecule has 0 unspecified atom stereocenters. The standard InChI is InChI=1S/C30H38N4O/c1-19(2)27-24-17-22(21-8-13-34(14-9-21)23-10-15-35-16-11-23)5-6-26(24)32-29(27)25-18-33(4)30-28(25)20(3)7-12-31-30/h5-7,12,17-19,21,23,32H,8-11,13-16H2,1-4H3. The Morgan fingerprint density at radius 2 is 1.83 bits per heavy atom. The molecule has 0 atom stereocenters. The second kappa shape index (κ2) is 9.11. The van der Waals surface area contributed by atoms with Crippen LogP contribution in [-0.4, -0.2) is 51.8 Å². The van der Waals surface area contributed by atoms with Crippen molar-refractivity contribution in [2.45, 2.75) is 64.3 Å². The summed E-state index contributed by atoms with van der Waals surface area (Å²) >= 11 is 0. The summed E-state index contributed by atoms with van der Waals surface area (Å²) in [7, 11) is 2.10. The lowest BCUT2D eigenvalue weighted by Crippen LogP contribution is -2.43. The monoisotopic (exact) mass is 470 g/mol. The molecule has 4 aromatic rings. The zero-order valence-electron chi connectivity index (χ0n) is 21.6. The minimum Gasteiger partial charge on any atom is -0.381 e. The van der Waals surface area contributed by atoms with Crippen LogP contribution in [0.2, 0.25) is 0 Å². The van der Waals surface area contributed by atoms with E-state index in [1.165, 1.54) is 83.0 Å². The zero-order chi connectivity index (χ0) is 24.1. The normalized spacial score (nSPS) is 18.9. The predicted octanol–water partition coefficient (Wildman–Crippen LogP) is 6.51. The second-order valence-corrected chi connectivity index (χ2v) is 11.0. The van der Waals surface area contributed by atoms with Crippen LogP contribution < -0.4 is 0 Å². The van der Waals surface area contributed by atoms with Gasteiger partial charge in [-0.15, -0.1) is 0 Å². The molecule has 2 saturated heterocycles. The molecule has 184 valence electrons. The van der Waals surface area contributed by atoms with E-state index in [0.717, 1.165) is 24.9 Å². The molecule has 0 amide bonds. The summed E-state index contributed by atoms with van der Waals surface area (Å²) in [5.74, 6) is 1.08. The molecule has 5 heterocycles. The Morgan fingerprint density at radius 1 is 1.06 bits per heavy atom. The number of nitrogens with one attached hydrogen (secondary N) is 1. The highest BCUT2D eigenvalue weighted by Gasteiger charge is 2.28. The third kappa shape index (κ3) is 3.99. The van der Waals surface area contributed by atoms with Crippen molar-refractivity contribution in [1.29, 1.82) is 0 Å². The van der Waals surface area contributed by atoms with Crippen LogP contribution in [-0.2, 0) is 11.8 Å². The molecule has 0 spiro atoms. The minimum atomic E-state index is 0.427. The van der Waals surface area contributed by atoms with E-state index < -0.39 is 0 Å². The molecule has 0 saturated carbocycles. The number of aromatic amines is 1. The van der Waals surface area contributed by atoms with Gasteiger partial charge in [0.2, 0.25) is 0 Å². The SMILES string of the molecule is Cc1ccnc2c1c(-c1[nH]c3ccc(C4CCN(C5CCOCC5)CC4)cc3c1C(C)C)cn2C. The number of pyridine rings is 1. The average Bonchev–Trinajstić information content (AvgIpc) is 3.43. The molecule has 1 aromatic carbocycles. The molecular formula is C30H38N4O. The van der Waals surface area contributed by atoms with Gasteiger partial charge in [0.25, 0.3) is 0 Å². The van der Waals surface area contributed by atoms with E-state index in [-0.39, 0.29) is 0 Å². The van der Waals surface area contributed by atoms with Gasteiger partial charge < -0.3 is 19.2 Å². The lowest BCUT2D eigenvalue weighted by molar-refractivity contribution is 0.0252. The molecule has 2 aliphatic rings. The topological polar surface area (TPSA) is 46.1 Å². The van der Waals surface area contributed by atoms with Crippen LogP contribution in [0, 0.1) is 6.92 Å². The smallest absolute Gasteiger partial charge is 0.140 e. The number of rotatable bonds is 4. The van der Waals surface area contributed by atoms with Gasteiger partial charge in [0.1, 0.15) is 5.65 Å². The van der Waals surface area contributed by atoms with Gasteiger partial charge in [-0.05, 0) is 92.4 Å². The fourth-order valence-corrected chi connectivity index (χ4v) is 6.60. The van der Waals surface area contributed by atoms with E-state index in [4.69, 9.17) is 4.74 Å². The van der Waals surface area contributed by atoms with E-state index >= 15 is 0 Å². The van der Waals surface area contributed by atoms with Crippen LogP contribution in [0.3, 0.4) is 0 Å². The minimum absolute atomic E-state index is 0.427. The lowest BCUT2D eigenvalue weighted by atomic mass is 9.86. The first-order chi connectivity index (χ1) is 17.0. The summed E-state index contributed by atoms with van der Waals surface area (Å²) in [6.07, 6.45) is 9.06. The quantitative estimate of drug-likeness (QED) is 0.370. The van der Waals surface area contributed by atoms with E-state index in [1.807, 2.05) is 6.20 Å². The van der Waals surface area contributed by atoms with E-state index in [1.54, 1.807) is 0 Å². The number of fused-ring (bicyclic) bond motifs is 2. The van der Waals surface area contributed by atoms with Gasteiger partial charge in [-0.2, -0.15) is 0 Å². The Kier molecular flexibility index (Phi) is 5.93. The summed E-state index contributed by atoms with van der Waals surface area (Å²) < 4.78 is 7.74. The molecule has 5 heteroatoms.